The number of benzene rings is 2. The van der Waals surface area contributed by atoms with Crippen molar-refractivity contribution in [1.29, 1.82) is 0 Å². The molecule has 7 heteroatoms. The van der Waals surface area contributed by atoms with E-state index in [9.17, 15) is 14.4 Å². The van der Waals surface area contributed by atoms with Crippen LogP contribution in [0.4, 0.5) is 4.79 Å². The van der Waals surface area contributed by atoms with Gasteiger partial charge >= 0.3 is 12.1 Å². The van der Waals surface area contributed by atoms with Gasteiger partial charge in [-0.15, -0.1) is 0 Å². The molecule has 0 radical (unpaired) electrons. The fraction of sp³-hybridized carbons (Fsp3) is 0.464. The van der Waals surface area contributed by atoms with Crippen LogP contribution in [-0.4, -0.2) is 53.7 Å². The first-order chi connectivity index (χ1) is 17.0. The van der Waals surface area contributed by atoms with Gasteiger partial charge in [0.1, 0.15) is 6.61 Å². The van der Waals surface area contributed by atoms with Gasteiger partial charge in [0, 0.05) is 37.9 Å². The van der Waals surface area contributed by atoms with Crippen molar-refractivity contribution in [1.82, 2.24) is 10.2 Å². The number of fused-ring (bicyclic) bond motifs is 3. The summed E-state index contributed by atoms with van der Waals surface area (Å²) in [6.07, 6.45) is 2.80. The molecule has 2 aromatic rings. The second-order valence-electron chi connectivity index (χ2n) is 9.59. The van der Waals surface area contributed by atoms with Gasteiger partial charge in [-0.25, -0.2) is 4.79 Å². The van der Waals surface area contributed by atoms with Crippen LogP contribution in [0.2, 0.25) is 0 Å². The van der Waals surface area contributed by atoms with E-state index in [0.29, 0.717) is 25.9 Å². The van der Waals surface area contributed by atoms with Gasteiger partial charge in [-0.3, -0.25) is 9.59 Å². The predicted octanol–water partition coefficient (Wildman–Crippen LogP) is 4.80. The van der Waals surface area contributed by atoms with Crippen LogP contribution in [0.5, 0.6) is 0 Å². The zero-order valence-electron chi connectivity index (χ0n) is 20.2. The number of nitrogens with zero attached hydrogens (tertiary/aromatic N) is 1. The van der Waals surface area contributed by atoms with Gasteiger partial charge in [0.2, 0.25) is 5.91 Å². The van der Waals surface area contributed by atoms with E-state index in [0.717, 1.165) is 24.0 Å². The van der Waals surface area contributed by atoms with Gasteiger partial charge in [0.15, 0.2) is 0 Å². The molecule has 1 fully saturated rings. The Balaban J connectivity index is 1.30. The van der Waals surface area contributed by atoms with Gasteiger partial charge in [-0.05, 0) is 47.4 Å². The summed E-state index contributed by atoms with van der Waals surface area (Å²) < 4.78 is 5.66. The molecule has 2 atom stereocenters. The van der Waals surface area contributed by atoms with Crippen LogP contribution in [-0.2, 0) is 14.3 Å². The standard InChI is InChI=1S/C28H34N2O5/c1-2-7-20(16-26(31)30-15-14-19(17-30)12-13-27(32)33)29-28(34)35-18-25-23-10-5-3-8-21(23)22-9-4-6-11-24(22)25/h3-6,8-11,19-20,25H,2,7,12-18H2,1H3,(H,29,34)(H,32,33)/t19?,20-/m1/s1. The fourth-order valence-electron chi connectivity index (χ4n) is 5.34. The van der Waals surface area contributed by atoms with E-state index in [4.69, 9.17) is 9.84 Å². The molecule has 2 aromatic carbocycles. The lowest BCUT2D eigenvalue weighted by atomic mass is 9.98. The van der Waals surface area contributed by atoms with Crippen LogP contribution in [0.3, 0.4) is 0 Å². The van der Waals surface area contributed by atoms with Crippen LogP contribution in [0.15, 0.2) is 48.5 Å². The minimum Gasteiger partial charge on any atom is -0.481 e. The Kier molecular flexibility index (Phi) is 8.06. The van der Waals surface area contributed by atoms with Crippen molar-refractivity contribution in [2.24, 2.45) is 5.92 Å². The molecule has 35 heavy (non-hydrogen) atoms. The first-order valence-electron chi connectivity index (χ1n) is 12.6. The largest absolute Gasteiger partial charge is 0.481 e. The van der Waals surface area contributed by atoms with Crippen LogP contribution in [0.25, 0.3) is 11.1 Å². The van der Waals surface area contributed by atoms with Gasteiger partial charge in [-0.1, -0.05) is 61.9 Å². The molecule has 186 valence electrons. The molecule has 0 aromatic heterocycles. The quantitative estimate of drug-likeness (QED) is 0.512. The minimum atomic E-state index is -0.801. The van der Waals surface area contributed by atoms with Crippen molar-refractivity contribution in [2.75, 3.05) is 19.7 Å². The summed E-state index contributed by atoms with van der Waals surface area (Å²) in [6, 6.07) is 16.1. The van der Waals surface area contributed by atoms with Crippen molar-refractivity contribution >= 4 is 18.0 Å². The lowest BCUT2D eigenvalue weighted by molar-refractivity contribution is -0.137. The maximum atomic E-state index is 12.9. The molecular formula is C28H34N2O5. The van der Waals surface area contributed by atoms with Crippen molar-refractivity contribution < 1.29 is 24.2 Å². The number of carboxylic acids is 1. The number of amides is 2. The SMILES string of the molecule is CCC[C@H](CC(=O)N1CCC(CCC(=O)O)C1)NC(=O)OCC1c2ccccc2-c2ccccc21. The number of rotatable bonds is 10. The molecule has 4 rings (SSSR count). The summed E-state index contributed by atoms with van der Waals surface area (Å²) >= 11 is 0. The third-order valence-electron chi connectivity index (χ3n) is 7.13. The number of hydrogen-bond donors (Lipinski definition) is 2. The van der Waals surface area contributed by atoms with Gasteiger partial charge in [-0.2, -0.15) is 0 Å². The van der Waals surface area contributed by atoms with Crippen molar-refractivity contribution in [3.63, 3.8) is 0 Å². The third-order valence-corrected chi connectivity index (χ3v) is 7.13. The van der Waals surface area contributed by atoms with E-state index in [2.05, 4.69) is 29.6 Å². The molecule has 2 N–H and O–H groups in total. The molecule has 2 aliphatic rings. The van der Waals surface area contributed by atoms with E-state index >= 15 is 0 Å². The first-order valence-corrected chi connectivity index (χ1v) is 12.6. The number of ether oxygens (including phenoxy) is 1. The van der Waals surface area contributed by atoms with Crippen LogP contribution >= 0.6 is 0 Å². The second kappa shape index (κ2) is 11.4. The number of carbonyl (C=O) groups is 3. The van der Waals surface area contributed by atoms with Crippen molar-refractivity contribution in [3.8, 4) is 11.1 Å². The summed E-state index contributed by atoms with van der Waals surface area (Å²) in [7, 11) is 0. The highest BCUT2D eigenvalue weighted by Gasteiger charge is 2.30. The number of alkyl carbamates (subject to hydrolysis) is 1. The highest BCUT2D eigenvalue weighted by molar-refractivity contribution is 5.80. The smallest absolute Gasteiger partial charge is 0.407 e. The number of carboxylic acid groups (broad SMARTS) is 1. The summed E-state index contributed by atoms with van der Waals surface area (Å²) in [6.45, 7) is 3.50. The molecule has 1 aliphatic heterocycles. The molecule has 0 spiro atoms. The molecule has 7 nitrogen and oxygen atoms in total. The summed E-state index contributed by atoms with van der Waals surface area (Å²) in [4.78, 5) is 38.2. The Morgan fingerprint density at radius 3 is 2.37 bits per heavy atom. The Labute approximate surface area is 206 Å². The Morgan fingerprint density at radius 2 is 1.74 bits per heavy atom. The number of aliphatic carboxylic acids is 1. The molecule has 0 saturated carbocycles. The summed E-state index contributed by atoms with van der Waals surface area (Å²) in [5, 5.41) is 11.8. The Hall–Kier alpha value is -3.35. The fourth-order valence-corrected chi connectivity index (χ4v) is 5.34. The summed E-state index contributed by atoms with van der Waals surface area (Å²) in [5.41, 5.74) is 4.68. The average molecular weight is 479 g/mol. The molecular weight excluding hydrogens is 444 g/mol. The van der Waals surface area contributed by atoms with E-state index in [1.165, 1.54) is 11.1 Å². The zero-order valence-corrected chi connectivity index (χ0v) is 20.2. The highest BCUT2D eigenvalue weighted by Crippen LogP contribution is 2.44. The minimum absolute atomic E-state index is 0.000206. The molecule has 1 unspecified atom stereocenters. The van der Waals surface area contributed by atoms with Gasteiger partial charge in [0.05, 0.1) is 0 Å². The van der Waals surface area contributed by atoms with E-state index in [1.54, 1.807) is 4.90 Å². The Morgan fingerprint density at radius 1 is 1.09 bits per heavy atom. The van der Waals surface area contributed by atoms with Crippen LogP contribution < -0.4 is 5.32 Å². The molecule has 1 aliphatic carbocycles. The Bertz CT molecular complexity index is 1020. The van der Waals surface area contributed by atoms with Crippen molar-refractivity contribution in [2.45, 2.75) is 57.4 Å². The molecule has 1 heterocycles. The second-order valence-corrected chi connectivity index (χ2v) is 9.59. The molecule has 2 amide bonds. The number of nitrogens with one attached hydrogen (secondary N) is 1. The van der Waals surface area contributed by atoms with E-state index < -0.39 is 12.1 Å². The zero-order chi connectivity index (χ0) is 24.8. The van der Waals surface area contributed by atoms with Gasteiger partial charge in [0.25, 0.3) is 0 Å². The average Bonchev–Trinajstić information content (AvgIpc) is 3.45. The lowest BCUT2D eigenvalue weighted by Crippen LogP contribution is -2.40. The number of hydrogen-bond acceptors (Lipinski definition) is 4. The van der Waals surface area contributed by atoms with Crippen LogP contribution in [0.1, 0.15) is 62.5 Å². The normalized spacial score (nSPS) is 17.5. The van der Waals surface area contributed by atoms with Gasteiger partial charge < -0.3 is 20.1 Å². The highest BCUT2D eigenvalue weighted by atomic mass is 16.5. The number of carbonyl (C=O) groups excluding carboxylic acids is 2. The molecule has 0 bridgehead atoms. The lowest BCUT2D eigenvalue weighted by Gasteiger charge is -2.22. The van der Waals surface area contributed by atoms with Crippen molar-refractivity contribution in [3.05, 3.63) is 59.7 Å². The van der Waals surface area contributed by atoms with Crippen LogP contribution in [0, 0.1) is 5.92 Å². The maximum absolute atomic E-state index is 12.9. The van der Waals surface area contributed by atoms with E-state index in [1.807, 2.05) is 31.2 Å². The maximum Gasteiger partial charge on any atom is 0.407 e. The predicted molar refractivity (Wildman–Crippen MR) is 133 cm³/mol. The topological polar surface area (TPSA) is 95.9 Å². The summed E-state index contributed by atoms with van der Waals surface area (Å²) in [5.74, 6) is -0.577. The number of likely N-dealkylation sites (tertiary alicyclic amines) is 1. The third kappa shape index (κ3) is 6.02. The van der Waals surface area contributed by atoms with E-state index in [-0.39, 0.29) is 43.2 Å². The molecule has 1 saturated heterocycles. The first kappa shape index (κ1) is 24.8. The monoisotopic (exact) mass is 478 g/mol.